The Morgan fingerprint density at radius 2 is 1.88 bits per heavy atom. The smallest absolute Gasteiger partial charge is 0.0724 e. The van der Waals surface area contributed by atoms with Crippen LogP contribution < -0.4 is 0 Å². The molecule has 0 fully saturated rings. The summed E-state index contributed by atoms with van der Waals surface area (Å²) in [5, 5.41) is 0. The Morgan fingerprint density at radius 1 is 1.00 bits per heavy atom. The number of fused-ring (bicyclic) bond motifs is 2. The Kier molecular flexibility index (Phi) is 2.47. The Balaban J connectivity index is 1.56. The third-order valence-electron chi connectivity index (χ3n) is 3.03. The Hall–Kier alpha value is -1.60. The van der Waals surface area contributed by atoms with Crippen LogP contribution in [0.15, 0.2) is 65.3 Å². The van der Waals surface area contributed by atoms with E-state index in [2.05, 4.69) is 30.4 Å². The van der Waals surface area contributed by atoms with Crippen molar-refractivity contribution in [2.45, 2.75) is 13.0 Å². The second kappa shape index (κ2) is 4.11. The molecule has 0 saturated carbocycles. The lowest BCUT2D eigenvalue weighted by atomic mass is 10.1. The molecule has 0 aliphatic heterocycles. The number of hydrogen-bond acceptors (Lipinski definition) is 1. The Labute approximate surface area is 95.7 Å². The Bertz CT molecular complexity index is 477. The zero-order valence-corrected chi connectivity index (χ0v) is 9.15. The monoisotopic (exact) mass is 210 g/mol. The highest BCUT2D eigenvalue weighted by atomic mass is 16.5. The van der Waals surface area contributed by atoms with Gasteiger partial charge >= 0.3 is 0 Å². The summed E-state index contributed by atoms with van der Waals surface area (Å²) >= 11 is 0. The van der Waals surface area contributed by atoms with Crippen molar-refractivity contribution in [1.29, 1.82) is 0 Å². The number of hydrogen-bond donors (Lipinski definition) is 0. The van der Waals surface area contributed by atoms with Crippen molar-refractivity contribution in [2.75, 3.05) is 6.61 Å². The summed E-state index contributed by atoms with van der Waals surface area (Å²) in [6, 6.07) is 10.3. The van der Waals surface area contributed by atoms with E-state index < -0.39 is 0 Å². The van der Waals surface area contributed by atoms with Gasteiger partial charge in [-0.1, -0.05) is 48.6 Å². The molecule has 0 unspecified atom stereocenters. The molecule has 0 atom stereocenters. The highest BCUT2D eigenvalue weighted by Gasteiger charge is 2.16. The van der Waals surface area contributed by atoms with Crippen LogP contribution in [0.3, 0.4) is 0 Å². The van der Waals surface area contributed by atoms with Gasteiger partial charge in [0.1, 0.15) is 0 Å². The molecule has 0 saturated heterocycles. The maximum Gasteiger partial charge on any atom is 0.0724 e. The lowest BCUT2D eigenvalue weighted by Gasteiger charge is -2.06. The minimum Gasteiger partial charge on any atom is -0.372 e. The fourth-order valence-electron chi connectivity index (χ4n) is 2.17. The first-order chi connectivity index (χ1) is 7.92. The van der Waals surface area contributed by atoms with Gasteiger partial charge in [-0.25, -0.2) is 0 Å². The van der Waals surface area contributed by atoms with Gasteiger partial charge in [0, 0.05) is 0 Å². The highest BCUT2D eigenvalue weighted by molar-refractivity contribution is 5.55. The molecule has 1 aromatic carbocycles. The predicted octanol–water partition coefficient (Wildman–Crippen LogP) is 3.40. The maximum atomic E-state index is 5.72. The first-order valence-corrected chi connectivity index (χ1v) is 5.64. The van der Waals surface area contributed by atoms with E-state index in [4.69, 9.17) is 4.74 Å². The van der Waals surface area contributed by atoms with Gasteiger partial charge in [0.25, 0.3) is 0 Å². The molecule has 0 N–H and O–H groups in total. The molecular formula is C15H14O. The normalized spacial score (nSPS) is 17.1. The van der Waals surface area contributed by atoms with Gasteiger partial charge in [-0.2, -0.15) is 0 Å². The van der Waals surface area contributed by atoms with E-state index in [9.17, 15) is 0 Å². The van der Waals surface area contributed by atoms with Crippen LogP contribution in [0.25, 0.3) is 0 Å². The highest BCUT2D eigenvalue weighted by Crippen LogP contribution is 2.33. The summed E-state index contributed by atoms with van der Waals surface area (Å²) in [5.41, 5.74) is 5.45. The minimum absolute atomic E-state index is 0.699. The molecule has 0 amide bonds. The predicted molar refractivity (Wildman–Crippen MR) is 65.0 cm³/mol. The largest absolute Gasteiger partial charge is 0.372 e. The van der Waals surface area contributed by atoms with E-state index in [0.29, 0.717) is 6.61 Å². The topological polar surface area (TPSA) is 9.23 Å². The van der Waals surface area contributed by atoms with Gasteiger partial charge in [0.15, 0.2) is 0 Å². The molecule has 0 heterocycles. The quantitative estimate of drug-likeness (QED) is 0.740. The van der Waals surface area contributed by atoms with E-state index in [1.807, 2.05) is 18.2 Å². The van der Waals surface area contributed by atoms with E-state index in [0.717, 1.165) is 13.0 Å². The summed E-state index contributed by atoms with van der Waals surface area (Å²) in [7, 11) is 0. The fourth-order valence-corrected chi connectivity index (χ4v) is 2.17. The zero-order chi connectivity index (χ0) is 10.8. The summed E-state index contributed by atoms with van der Waals surface area (Å²) in [5.74, 6) is 0. The third-order valence-corrected chi connectivity index (χ3v) is 3.03. The Morgan fingerprint density at radius 3 is 2.56 bits per heavy atom. The van der Waals surface area contributed by atoms with Crippen LogP contribution in [-0.4, -0.2) is 6.61 Å². The fraction of sp³-hybridized carbons (Fsp3) is 0.200. The van der Waals surface area contributed by atoms with Gasteiger partial charge in [-0.3, -0.25) is 0 Å². The number of ether oxygens (including phenoxy) is 1. The van der Waals surface area contributed by atoms with Crippen molar-refractivity contribution in [3.05, 3.63) is 70.8 Å². The molecule has 2 aliphatic rings. The standard InChI is InChI=1S/C15H14O/c1-2-4-12(5-3-1)10-16-11-15-9-13-6-7-14(15)8-13/h1-7,9H,8,10-11H2. The van der Waals surface area contributed by atoms with Gasteiger partial charge < -0.3 is 4.74 Å². The first kappa shape index (κ1) is 9.61. The number of rotatable bonds is 4. The molecule has 1 nitrogen and oxygen atoms in total. The molecular weight excluding hydrogens is 196 g/mol. The van der Waals surface area contributed by atoms with Crippen LogP contribution >= 0.6 is 0 Å². The molecule has 0 aromatic heterocycles. The molecule has 16 heavy (non-hydrogen) atoms. The molecule has 3 rings (SSSR count). The van der Waals surface area contributed by atoms with Crippen LogP contribution in [0.4, 0.5) is 0 Å². The summed E-state index contributed by atoms with van der Waals surface area (Å²) in [6.45, 7) is 1.43. The molecule has 0 radical (unpaired) electrons. The van der Waals surface area contributed by atoms with E-state index in [-0.39, 0.29) is 0 Å². The molecule has 1 heteroatoms. The molecule has 0 spiro atoms. The number of benzene rings is 1. The van der Waals surface area contributed by atoms with Crippen molar-refractivity contribution in [1.82, 2.24) is 0 Å². The average molecular weight is 210 g/mol. The van der Waals surface area contributed by atoms with Crippen LogP contribution in [0.5, 0.6) is 0 Å². The van der Waals surface area contributed by atoms with E-state index in [1.165, 1.54) is 22.3 Å². The van der Waals surface area contributed by atoms with Crippen LogP contribution in [0.1, 0.15) is 12.0 Å². The van der Waals surface area contributed by atoms with Gasteiger partial charge in [-0.15, -0.1) is 0 Å². The summed E-state index contributed by atoms with van der Waals surface area (Å²) < 4.78 is 5.72. The number of allylic oxidation sites excluding steroid dienone is 4. The van der Waals surface area contributed by atoms with E-state index in [1.54, 1.807) is 0 Å². The first-order valence-electron chi connectivity index (χ1n) is 5.64. The molecule has 2 bridgehead atoms. The zero-order valence-electron chi connectivity index (χ0n) is 9.15. The third kappa shape index (κ3) is 1.86. The van der Waals surface area contributed by atoms with E-state index >= 15 is 0 Å². The van der Waals surface area contributed by atoms with Gasteiger partial charge in [-0.05, 0) is 28.7 Å². The molecule has 1 aromatic rings. The second-order valence-corrected chi connectivity index (χ2v) is 4.26. The van der Waals surface area contributed by atoms with Crippen molar-refractivity contribution < 1.29 is 4.74 Å². The summed E-state index contributed by atoms with van der Waals surface area (Å²) in [6.07, 6.45) is 7.76. The minimum atomic E-state index is 0.699. The molecule has 2 aliphatic carbocycles. The maximum absolute atomic E-state index is 5.72. The average Bonchev–Trinajstić information content (AvgIpc) is 2.92. The second-order valence-electron chi connectivity index (χ2n) is 4.26. The van der Waals surface area contributed by atoms with Crippen LogP contribution in [0.2, 0.25) is 0 Å². The lowest BCUT2D eigenvalue weighted by molar-refractivity contribution is 0.144. The van der Waals surface area contributed by atoms with Crippen molar-refractivity contribution in [2.24, 2.45) is 0 Å². The molecule has 80 valence electrons. The van der Waals surface area contributed by atoms with Crippen molar-refractivity contribution >= 4 is 0 Å². The summed E-state index contributed by atoms with van der Waals surface area (Å²) in [4.78, 5) is 0. The van der Waals surface area contributed by atoms with Crippen LogP contribution in [0, 0.1) is 0 Å². The van der Waals surface area contributed by atoms with Gasteiger partial charge in [0.05, 0.1) is 13.2 Å². The van der Waals surface area contributed by atoms with Crippen LogP contribution in [-0.2, 0) is 11.3 Å². The van der Waals surface area contributed by atoms with Crippen molar-refractivity contribution in [3.8, 4) is 0 Å². The van der Waals surface area contributed by atoms with Crippen molar-refractivity contribution in [3.63, 3.8) is 0 Å². The van der Waals surface area contributed by atoms with Gasteiger partial charge in [0.2, 0.25) is 0 Å². The lowest BCUT2D eigenvalue weighted by Crippen LogP contribution is -1.98. The SMILES string of the molecule is C1=CC2=C(COCc3ccccc3)C=C1C2.